The summed E-state index contributed by atoms with van der Waals surface area (Å²) in [6, 6.07) is 7.96. The fourth-order valence-corrected chi connectivity index (χ4v) is 3.05. The fourth-order valence-electron chi connectivity index (χ4n) is 3.05. The Labute approximate surface area is 149 Å². The van der Waals surface area contributed by atoms with Crippen molar-refractivity contribution in [1.29, 1.82) is 0 Å². The van der Waals surface area contributed by atoms with Gasteiger partial charge in [-0.15, -0.1) is 12.4 Å². The number of aromatic nitrogens is 2. The second-order valence-corrected chi connectivity index (χ2v) is 6.39. The second-order valence-electron chi connectivity index (χ2n) is 6.39. The van der Waals surface area contributed by atoms with Crippen molar-refractivity contribution in [2.24, 2.45) is 7.05 Å². The molecule has 0 radical (unpaired) electrons. The van der Waals surface area contributed by atoms with Crippen molar-refractivity contribution in [3.05, 3.63) is 53.6 Å². The van der Waals surface area contributed by atoms with Crippen LogP contribution in [-0.4, -0.2) is 40.0 Å². The van der Waals surface area contributed by atoms with Gasteiger partial charge < -0.3 is 14.8 Å². The van der Waals surface area contributed by atoms with Crippen molar-refractivity contribution in [2.75, 3.05) is 19.6 Å². The van der Waals surface area contributed by atoms with Crippen LogP contribution in [0.25, 0.3) is 0 Å². The van der Waals surface area contributed by atoms with Crippen molar-refractivity contribution in [2.45, 2.75) is 25.8 Å². The molecule has 2 aromatic rings. The Hall–Kier alpha value is -1.85. The van der Waals surface area contributed by atoms with Gasteiger partial charge in [0, 0.05) is 44.6 Å². The molecule has 1 amide bonds. The number of carbonyl (C=O) groups is 1. The number of hydrogen-bond donors (Lipinski definition) is 1. The van der Waals surface area contributed by atoms with E-state index in [9.17, 15) is 4.79 Å². The number of nitrogens with zero attached hydrogens (tertiary/aromatic N) is 3. The van der Waals surface area contributed by atoms with E-state index in [1.807, 2.05) is 34.8 Å². The summed E-state index contributed by atoms with van der Waals surface area (Å²) < 4.78 is 1.99. The molecular formula is C18H25ClN4O. The third-order valence-electron chi connectivity index (χ3n) is 4.49. The third-order valence-corrected chi connectivity index (χ3v) is 4.49. The maximum absolute atomic E-state index is 13.0. The highest BCUT2D eigenvalue weighted by molar-refractivity contribution is 5.94. The average molecular weight is 349 g/mol. The molecule has 1 aliphatic rings. The average Bonchev–Trinajstić information content (AvgIpc) is 3.00. The number of halogens is 1. The number of amides is 1. The van der Waals surface area contributed by atoms with Gasteiger partial charge in [-0.1, -0.05) is 26.0 Å². The molecule has 1 aromatic heterocycles. The molecular weight excluding hydrogens is 324 g/mol. The van der Waals surface area contributed by atoms with Crippen LogP contribution < -0.4 is 5.32 Å². The minimum Gasteiger partial charge on any atom is -0.336 e. The molecule has 1 aromatic carbocycles. The number of hydrogen-bond acceptors (Lipinski definition) is 3. The molecule has 1 N–H and O–H groups in total. The molecule has 3 rings (SSSR count). The van der Waals surface area contributed by atoms with Crippen LogP contribution in [0.2, 0.25) is 0 Å². The van der Waals surface area contributed by atoms with Crippen LogP contribution in [0.1, 0.15) is 47.6 Å². The van der Waals surface area contributed by atoms with Gasteiger partial charge >= 0.3 is 0 Å². The first-order valence-electron chi connectivity index (χ1n) is 8.17. The molecule has 130 valence electrons. The monoisotopic (exact) mass is 348 g/mol. The molecule has 5 nitrogen and oxygen atoms in total. The number of carbonyl (C=O) groups excluding carboxylic acids is 1. The summed E-state index contributed by atoms with van der Waals surface area (Å²) in [7, 11) is 1.97. The maximum atomic E-state index is 13.0. The lowest BCUT2D eigenvalue weighted by molar-refractivity contribution is 0.0621. The van der Waals surface area contributed by atoms with Crippen LogP contribution >= 0.6 is 12.4 Å². The number of benzene rings is 1. The molecule has 6 heteroatoms. The van der Waals surface area contributed by atoms with Crippen molar-refractivity contribution in [3.8, 4) is 0 Å². The first-order valence-corrected chi connectivity index (χ1v) is 8.17. The molecule has 1 aliphatic heterocycles. The van der Waals surface area contributed by atoms with E-state index in [1.54, 1.807) is 6.20 Å². The quantitative estimate of drug-likeness (QED) is 0.927. The lowest BCUT2D eigenvalue weighted by Crippen LogP contribution is -2.49. The Morgan fingerprint density at radius 3 is 2.58 bits per heavy atom. The summed E-state index contributed by atoms with van der Waals surface area (Å²) in [4.78, 5) is 19.3. The predicted octanol–water partition coefficient (Wildman–Crippen LogP) is 2.75. The minimum atomic E-state index is -0.0268. The molecule has 0 aliphatic carbocycles. The van der Waals surface area contributed by atoms with E-state index in [2.05, 4.69) is 36.3 Å². The van der Waals surface area contributed by atoms with Gasteiger partial charge in [0.2, 0.25) is 0 Å². The normalized spacial score (nSPS) is 17.7. The van der Waals surface area contributed by atoms with Crippen LogP contribution in [0.5, 0.6) is 0 Å². The lowest BCUT2D eigenvalue weighted by Gasteiger charge is -2.35. The molecule has 24 heavy (non-hydrogen) atoms. The topological polar surface area (TPSA) is 50.2 Å². The zero-order chi connectivity index (χ0) is 16.4. The SMILES string of the molecule is CC(C)c1ccc(C(=O)N2CCNCC2c2nccn2C)cc1.Cl. The first-order chi connectivity index (χ1) is 11.1. The van der Waals surface area contributed by atoms with Crippen LogP contribution in [0, 0.1) is 0 Å². The van der Waals surface area contributed by atoms with Crippen LogP contribution in [-0.2, 0) is 7.05 Å². The highest BCUT2D eigenvalue weighted by Crippen LogP contribution is 2.23. The molecule has 1 atom stereocenters. The van der Waals surface area contributed by atoms with Crippen LogP contribution in [0.15, 0.2) is 36.7 Å². The first kappa shape index (κ1) is 18.5. The van der Waals surface area contributed by atoms with Crippen molar-refractivity contribution < 1.29 is 4.79 Å². The minimum absolute atomic E-state index is 0. The van der Waals surface area contributed by atoms with E-state index >= 15 is 0 Å². The Balaban J connectivity index is 0.00000208. The van der Waals surface area contributed by atoms with Crippen LogP contribution in [0.4, 0.5) is 0 Å². The van der Waals surface area contributed by atoms with Gasteiger partial charge in [0.05, 0.1) is 0 Å². The highest BCUT2D eigenvalue weighted by Gasteiger charge is 2.30. The number of piperazine rings is 1. The number of imidazole rings is 1. The number of nitrogens with one attached hydrogen (secondary N) is 1. The lowest BCUT2D eigenvalue weighted by atomic mass is 10.0. The zero-order valence-corrected chi connectivity index (χ0v) is 15.2. The smallest absolute Gasteiger partial charge is 0.254 e. The Bertz CT molecular complexity index is 681. The molecule has 1 saturated heterocycles. The molecule has 0 saturated carbocycles. The third kappa shape index (κ3) is 3.62. The van der Waals surface area contributed by atoms with Crippen LogP contribution in [0.3, 0.4) is 0 Å². The van der Waals surface area contributed by atoms with E-state index < -0.39 is 0 Å². The fraction of sp³-hybridized carbons (Fsp3) is 0.444. The second kappa shape index (κ2) is 7.81. The van der Waals surface area contributed by atoms with E-state index in [4.69, 9.17) is 0 Å². The van der Waals surface area contributed by atoms with Gasteiger partial charge in [-0.05, 0) is 23.6 Å². The summed E-state index contributed by atoms with van der Waals surface area (Å²) in [5.41, 5.74) is 2.00. The molecule has 1 unspecified atom stereocenters. The number of rotatable bonds is 3. The van der Waals surface area contributed by atoms with E-state index in [0.29, 0.717) is 12.5 Å². The maximum Gasteiger partial charge on any atom is 0.254 e. The molecule has 1 fully saturated rings. The Morgan fingerprint density at radius 2 is 2.00 bits per heavy atom. The highest BCUT2D eigenvalue weighted by atomic mass is 35.5. The van der Waals surface area contributed by atoms with E-state index in [-0.39, 0.29) is 24.4 Å². The van der Waals surface area contributed by atoms with Crippen molar-refractivity contribution >= 4 is 18.3 Å². The van der Waals surface area contributed by atoms with Gasteiger partial charge in [-0.2, -0.15) is 0 Å². The van der Waals surface area contributed by atoms with Gasteiger partial charge in [0.15, 0.2) is 0 Å². The Morgan fingerprint density at radius 1 is 1.29 bits per heavy atom. The number of aryl methyl sites for hydroxylation is 1. The van der Waals surface area contributed by atoms with Gasteiger partial charge in [0.1, 0.15) is 11.9 Å². The zero-order valence-electron chi connectivity index (χ0n) is 14.4. The van der Waals surface area contributed by atoms with Crippen molar-refractivity contribution in [3.63, 3.8) is 0 Å². The standard InChI is InChI=1S/C18H24N4O.ClH/c1-13(2)14-4-6-15(7-5-14)18(23)22-11-8-19-12-16(22)17-20-9-10-21(17)3;/h4-7,9-10,13,16,19H,8,11-12H2,1-3H3;1H. The van der Waals surface area contributed by atoms with E-state index in [1.165, 1.54) is 5.56 Å². The summed E-state index contributed by atoms with van der Waals surface area (Å²) in [5.74, 6) is 1.47. The van der Waals surface area contributed by atoms with Gasteiger partial charge in [0.25, 0.3) is 5.91 Å². The molecule has 0 spiro atoms. The van der Waals surface area contributed by atoms with Gasteiger partial charge in [-0.3, -0.25) is 4.79 Å². The van der Waals surface area contributed by atoms with Gasteiger partial charge in [-0.25, -0.2) is 4.98 Å². The summed E-state index contributed by atoms with van der Waals surface area (Å²) in [6.45, 7) is 6.56. The summed E-state index contributed by atoms with van der Waals surface area (Å²) >= 11 is 0. The molecule has 0 bridgehead atoms. The van der Waals surface area contributed by atoms with Crippen molar-refractivity contribution in [1.82, 2.24) is 19.8 Å². The largest absolute Gasteiger partial charge is 0.336 e. The summed E-state index contributed by atoms with van der Waals surface area (Å²) in [6.07, 6.45) is 3.70. The Kier molecular flexibility index (Phi) is 6.02. The predicted molar refractivity (Wildman–Crippen MR) is 97.6 cm³/mol. The summed E-state index contributed by atoms with van der Waals surface area (Å²) in [5, 5.41) is 3.36. The molecule has 2 heterocycles. The van der Waals surface area contributed by atoms with E-state index in [0.717, 1.165) is 24.5 Å².